The number of carbonyl (C=O) groups is 1. The molecule has 1 amide bonds. The minimum Gasteiger partial charge on any atom is -0.502 e. The van der Waals surface area contributed by atoms with Crippen LogP contribution in [-0.2, 0) is 17.6 Å². The lowest BCUT2D eigenvalue weighted by Crippen LogP contribution is -2.66. The van der Waals surface area contributed by atoms with Gasteiger partial charge in [0.25, 0.3) is 5.91 Å². The maximum absolute atomic E-state index is 15.5. The van der Waals surface area contributed by atoms with Gasteiger partial charge in [-0.1, -0.05) is 24.3 Å². The van der Waals surface area contributed by atoms with Gasteiger partial charge in [0.15, 0.2) is 11.4 Å². The highest BCUT2D eigenvalue weighted by Crippen LogP contribution is 2.41. The molecular weight excluding hydrogens is 444 g/mol. The van der Waals surface area contributed by atoms with E-state index in [-0.39, 0.29) is 31.3 Å². The molecule has 0 unspecified atom stereocenters. The molecule has 7 nitrogen and oxygen atoms in total. The lowest BCUT2D eigenvalue weighted by molar-refractivity contribution is -0.0198. The second-order valence-electron chi connectivity index (χ2n) is 8.68. The Balaban J connectivity index is 1.69. The molecule has 2 aromatic carbocycles. The summed E-state index contributed by atoms with van der Waals surface area (Å²) >= 11 is 0. The number of pyridine rings is 1. The molecular formula is C25H21F2N3O4. The first-order valence-electron chi connectivity index (χ1n) is 11.1. The van der Waals surface area contributed by atoms with Gasteiger partial charge < -0.3 is 14.7 Å². The molecule has 6 rings (SSSR count). The van der Waals surface area contributed by atoms with Crippen molar-refractivity contribution in [3.05, 3.63) is 98.5 Å². The average molecular weight is 465 g/mol. The fraction of sp³-hybridized carbons (Fsp3) is 0.280. The standard InChI is InChI=1S/C25H21F2N3O4/c26-17-5-2-4-16-15(17)8-7-14-3-1-6-18(27)21(14)22(16)30-20-13-34-12-11-28(20)25(33)23-24(32)19(31)9-10-29(23)30/h1-6,9-10,20,22,32H,7-8,11-13H2/t20-,22-/m1/s1. The monoisotopic (exact) mass is 465 g/mol. The van der Waals surface area contributed by atoms with Crippen LogP contribution in [0.3, 0.4) is 0 Å². The number of hydrogen-bond donors (Lipinski definition) is 1. The van der Waals surface area contributed by atoms with Crippen LogP contribution in [0.15, 0.2) is 53.5 Å². The first kappa shape index (κ1) is 20.9. The van der Waals surface area contributed by atoms with Crippen molar-refractivity contribution in [1.82, 2.24) is 9.58 Å². The van der Waals surface area contributed by atoms with Crippen LogP contribution in [0, 0.1) is 11.6 Å². The number of aromatic nitrogens is 1. The number of aryl methyl sites for hydroxylation is 1. The summed E-state index contributed by atoms with van der Waals surface area (Å²) in [6, 6.07) is 9.86. The summed E-state index contributed by atoms with van der Waals surface area (Å²) in [5.74, 6) is -2.03. The third kappa shape index (κ3) is 2.89. The minimum absolute atomic E-state index is 0.128. The van der Waals surface area contributed by atoms with E-state index in [1.807, 2.05) is 6.07 Å². The van der Waals surface area contributed by atoms with Crippen molar-refractivity contribution in [2.24, 2.45) is 0 Å². The van der Waals surface area contributed by atoms with Crippen LogP contribution in [0.4, 0.5) is 8.78 Å². The van der Waals surface area contributed by atoms with Crippen LogP contribution in [-0.4, -0.2) is 46.5 Å². The molecule has 0 spiro atoms. The van der Waals surface area contributed by atoms with E-state index in [4.69, 9.17) is 4.74 Å². The minimum atomic E-state index is -0.840. The van der Waals surface area contributed by atoms with Crippen molar-refractivity contribution < 1.29 is 23.4 Å². The predicted octanol–water partition coefficient (Wildman–Crippen LogP) is 2.47. The maximum atomic E-state index is 15.5. The number of nitrogens with zero attached hydrogens (tertiary/aromatic N) is 3. The SMILES string of the molecule is O=C1c2c(O)c(=O)ccn2N([C@@H]2c3cccc(F)c3CCc3cccc(F)c32)[C@@H]2COCCN12. The first-order valence-corrected chi connectivity index (χ1v) is 11.1. The third-order valence-corrected chi connectivity index (χ3v) is 6.95. The maximum Gasteiger partial charge on any atom is 0.278 e. The smallest absolute Gasteiger partial charge is 0.278 e. The van der Waals surface area contributed by atoms with Gasteiger partial charge in [-0.15, -0.1) is 0 Å². The highest BCUT2D eigenvalue weighted by Gasteiger charge is 2.46. The van der Waals surface area contributed by atoms with Crippen molar-refractivity contribution in [2.45, 2.75) is 25.0 Å². The van der Waals surface area contributed by atoms with Crippen molar-refractivity contribution in [1.29, 1.82) is 0 Å². The van der Waals surface area contributed by atoms with E-state index in [0.29, 0.717) is 29.5 Å². The number of benzene rings is 2. The van der Waals surface area contributed by atoms with E-state index in [2.05, 4.69) is 0 Å². The van der Waals surface area contributed by atoms with Gasteiger partial charge in [-0.05, 0) is 41.7 Å². The van der Waals surface area contributed by atoms with Crippen LogP contribution >= 0.6 is 0 Å². The molecule has 174 valence electrons. The van der Waals surface area contributed by atoms with Crippen LogP contribution in [0.2, 0.25) is 0 Å². The molecule has 34 heavy (non-hydrogen) atoms. The summed E-state index contributed by atoms with van der Waals surface area (Å²) < 4.78 is 37.7. The Morgan fingerprint density at radius 3 is 2.65 bits per heavy atom. The van der Waals surface area contributed by atoms with Crippen LogP contribution < -0.4 is 10.4 Å². The van der Waals surface area contributed by atoms with E-state index >= 15 is 8.78 Å². The molecule has 0 bridgehead atoms. The van der Waals surface area contributed by atoms with Gasteiger partial charge in [-0.3, -0.25) is 19.3 Å². The molecule has 1 aliphatic carbocycles. The van der Waals surface area contributed by atoms with Gasteiger partial charge >= 0.3 is 0 Å². The second-order valence-corrected chi connectivity index (χ2v) is 8.68. The summed E-state index contributed by atoms with van der Waals surface area (Å²) in [5.41, 5.74) is 1.24. The highest BCUT2D eigenvalue weighted by atomic mass is 19.1. The number of ether oxygens (including phenoxy) is 1. The van der Waals surface area contributed by atoms with Crippen LogP contribution in [0.25, 0.3) is 0 Å². The first-order chi connectivity index (χ1) is 16.5. The quantitative estimate of drug-likeness (QED) is 0.598. The normalized spacial score (nSPS) is 21.3. The van der Waals surface area contributed by atoms with Crippen LogP contribution in [0.1, 0.15) is 38.8 Å². The largest absolute Gasteiger partial charge is 0.502 e. The van der Waals surface area contributed by atoms with Crippen LogP contribution in [0.5, 0.6) is 5.75 Å². The van der Waals surface area contributed by atoms with Gasteiger partial charge in [0, 0.05) is 24.4 Å². The number of amides is 1. The molecule has 3 heterocycles. The zero-order chi connectivity index (χ0) is 23.6. The van der Waals surface area contributed by atoms with Gasteiger partial charge in [-0.25, -0.2) is 8.78 Å². The Morgan fingerprint density at radius 2 is 1.79 bits per heavy atom. The molecule has 1 saturated heterocycles. The highest BCUT2D eigenvalue weighted by molar-refractivity contribution is 5.96. The zero-order valence-electron chi connectivity index (χ0n) is 18.1. The van der Waals surface area contributed by atoms with Gasteiger partial charge in [0.1, 0.15) is 23.8 Å². The number of halogens is 2. The molecule has 3 aliphatic rings. The summed E-state index contributed by atoms with van der Waals surface area (Å²) in [5, 5.41) is 12.3. The van der Waals surface area contributed by atoms with Crippen molar-refractivity contribution in [2.75, 3.05) is 24.8 Å². The van der Waals surface area contributed by atoms with Crippen molar-refractivity contribution in [3.8, 4) is 5.75 Å². The third-order valence-electron chi connectivity index (χ3n) is 6.95. The lowest BCUT2D eigenvalue weighted by Gasteiger charge is -2.51. The Labute approximate surface area is 193 Å². The number of aromatic hydroxyl groups is 1. The topological polar surface area (TPSA) is 75.0 Å². The number of morpholine rings is 1. The molecule has 0 saturated carbocycles. The number of carbonyl (C=O) groups excluding carboxylic acids is 1. The fourth-order valence-electron chi connectivity index (χ4n) is 5.42. The van der Waals surface area contributed by atoms with Gasteiger partial charge in [0.2, 0.25) is 5.43 Å². The van der Waals surface area contributed by atoms with E-state index in [0.717, 1.165) is 11.6 Å². The Morgan fingerprint density at radius 1 is 1.00 bits per heavy atom. The van der Waals surface area contributed by atoms with Crippen molar-refractivity contribution >= 4 is 5.91 Å². The molecule has 3 aromatic rings. The summed E-state index contributed by atoms with van der Waals surface area (Å²) in [4.78, 5) is 27.1. The lowest BCUT2D eigenvalue weighted by atomic mass is 9.92. The van der Waals surface area contributed by atoms with Gasteiger partial charge in [-0.2, -0.15) is 0 Å². The number of hydrogen-bond acceptors (Lipinski definition) is 5. The molecule has 2 aliphatic heterocycles. The average Bonchev–Trinajstić information content (AvgIpc) is 3.00. The summed E-state index contributed by atoms with van der Waals surface area (Å²) in [6.07, 6.45) is 1.56. The second kappa shape index (κ2) is 7.66. The predicted molar refractivity (Wildman–Crippen MR) is 118 cm³/mol. The Kier molecular flexibility index (Phi) is 4.70. The molecule has 0 radical (unpaired) electrons. The Hall–Kier alpha value is -3.72. The summed E-state index contributed by atoms with van der Waals surface area (Å²) in [6.45, 7) is 0.646. The molecule has 2 atom stereocenters. The molecule has 1 fully saturated rings. The zero-order valence-corrected chi connectivity index (χ0v) is 18.1. The van der Waals surface area contributed by atoms with E-state index in [9.17, 15) is 14.7 Å². The number of rotatable bonds is 1. The molecule has 9 heteroatoms. The number of fused-ring (bicyclic) bond motifs is 4. The summed E-state index contributed by atoms with van der Waals surface area (Å²) in [7, 11) is 0. The van der Waals surface area contributed by atoms with Gasteiger partial charge in [0.05, 0.1) is 13.2 Å². The Bertz CT molecular complexity index is 1390. The van der Waals surface area contributed by atoms with Crippen molar-refractivity contribution in [3.63, 3.8) is 0 Å². The van der Waals surface area contributed by atoms with E-state index in [1.54, 1.807) is 23.2 Å². The van der Waals surface area contributed by atoms with E-state index in [1.165, 1.54) is 27.9 Å². The molecule has 1 aromatic heterocycles. The van der Waals surface area contributed by atoms with E-state index < -0.39 is 35.1 Å². The fourth-order valence-corrected chi connectivity index (χ4v) is 5.42. The molecule has 1 N–H and O–H groups in total.